The molecular weight excluding hydrogens is 276 g/mol. The van der Waals surface area contributed by atoms with Crippen molar-refractivity contribution in [3.8, 4) is 0 Å². The minimum atomic E-state index is 0.369. The van der Waals surface area contributed by atoms with Gasteiger partial charge in [-0.05, 0) is 12.8 Å². The lowest BCUT2D eigenvalue weighted by Gasteiger charge is -2.16. The molecule has 1 fully saturated rings. The van der Waals surface area contributed by atoms with Crippen LogP contribution in [0.5, 0.6) is 0 Å². The van der Waals surface area contributed by atoms with E-state index in [1.807, 2.05) is 6.20 Å². The van der Waals surface area contributed by atoms with Crippen molar-refractivity contribution in [2.24, 2.45) is 5.84 Å². The molecule has 0 atom stereocenters. The largest absolute Gasteiger partial charge is 0.349 e. The molecule has 1 aliphatic rings. The fourth-order valence-electron chi connectivity index (χ4n) is 2.06. The van der Waals surface area contributed by atoms with Crippen LogP contribution in [0, 0.1) is 0 Å². The monoisotopic (exact) mass is 292 g/mol. The summed E-state index contributed by atoms with van der Waals surface area (Å²) in [6.45, 7) is 2.59. The standard InChI is InChI=1S/C11H16N8S/c12-18-10-15-9(14-6-8-5-13-7-20-8)16-11(17-10)19-3-1-2-4-19/h5,7H,1-4,6,12H2,(H2,14,15,16,17,18). The average Bonchev–Trinajstić information content (AvgIpc) is 3.17. The van der Waals surface area contributed by atoms with Crippen molar-refractivity contribution < 1.29 is 0 Å². The Kier molecular flexibility index (Phi) is 3.88. The summed E-state index contributed by atoms with van der Waals surface area (Å²) in [5.74, 6) is 6.97. The SMILES string of the molecule is NNc1nc(NCc2cncs2)nc(N2CCCC2)n1. The molecule has 0 aliphatic carbocycles. The van der Waals surface area contributed by atoms with Gasteiger partial charge in [-0.25, -0.2) is 5.84 Å². The molecule has 2 aromatic rings. The maximum Gasteiger partial charge on any atom is 0.243 e. The van der Waals surface area contributed by atoms with Crippen LogP contribution in [-0.4, -0.2) is 33.0 Å². The first-order chi connectivity index (χ1) is 9.85. The molecule has 3 rings (SSSR count). The smallest absolute Gasteiger partial charge is 0.243 e. The molecule has 0 aromatic carbocycles. The predicted molar refractivity (Wildman–Crippen MR) is 78.5 cm³/mol. The van der Waals surface area contributed by atoms with E-state index >= 15 is 0 Å². The Balaban J connectivity index is 1.76. The molecule has 1 saturated heterocycles. The third-order valence-corrected chi connectivity index (χ3v) is 3.83. The van der Waals surface area contributed by atoms with Gasteiger partial charge in [0.05, 0.1) is 12.1 Å². The van der Waals surface area contributed by atoms with Gasteiger partial charge in [-0.2, -0.15) is 15.0 Å². The van der Waals surface area contributed by atoms with Crippen LogP contribution in [0.4, 0.5) is 17.8 Å². The van der Waals surface area contributed by atoms with E-state index in [-0.39, 0.29) is 0 Å². The zero-order chi connectivity index (χ0) is 13.8. The summed E-state index contributed by atoms with van der Waals surface area (Å²) >= 11 is 1.59. The van der Waals surface area contributed by atoms with Crippen LogP contribution in [0.2, 0.25) is 0 Å². The normalized spacial score (nSPS) is 14.6. The Morgan fingerprint density at radius 2 is 2.00 bits per heavy atom. The van der Waals surface area contributed by atoms with Crippen molar-refractivity contribution >= 4 is 29.2 Å². The molecule has 3 heterocycles. The molecule has 0 spiro atoms. The van der Waals surface area contributed by atoms with Crippen LogP contribution in [0.1, 0.15) is 17.7 Å². The highest BCUT2D eigenvalue weighted by atomic mass is 32.1. The van der Waals surface area contributed by atoms with Gasteiger partial charge >= 0.3 is 0 Å². The highest BCUT2D eigenvalue weighted by Gasteiger charge is 2.17. The molecule has 0 unspecified atom stereocenters. The minimum Gasteiger partial charge on any atom is -0.349 e. The van der Waals surface area contributed by atoms with Gasteiger partial charge in [-0.15, -0.1) is 11.3 Å². The fourth-order valence-corrected chi connectivity index (χ4v) is 2.60. The number of nitrogens with two attached hydrogens (primary N) is 1. The summed E-state index contributed by atoms with van der Waals surface area (Å²) in [5.41, 5.74) is 4.28. The highest BCUT2D eigenvalue weighted by molar-refractivity contribution is 7.09. The summed E-state index contributed by atoms with van der Waals surface area (Å²) in [6, 6.07) is 0. The number of anilines is 3. The molecule has 0 saturated carbocycles. The van der Waals surface area contributed by atoms with Gasteiger partial charge in [0.2, 0.25) is 17.8 Å². The number of hydrazine groups is 1. The van der Waals surface area contributed by atoms with Crippen LogP contribution < -0.4 is 21.5 Å². The highest BCUT2D eigenvalue weighted by Crippen LogP contribution is 2.18. The van der Waals surface area contributed by atoms with Crippen molar-refractivity contribution in [1.82, 2.24) is 19.9 Å². The molecular formula is C11H16N8S. The Hall–Kier alpha value is -2.00. The van der Waals surface area contributed by atoms with E-state index in [9.17, 15) is 0 Å². The summed E-state index contributed by atoms with van der Waals surface area (Å²) < 4.78 is 0. The number of rotatable bonds is 5. The van der Waals surface area contributed by atoms with E-state index in [2.05, 4.69) is 35.6 Å². The Bertz CT molecular complexity index is 552. The molecule has 4 N–H and O–H groups in total. The van der Waals surface area contributed by atoms with Gasteiger partial charge in [0.15, 0.2) is 0 Å². The van der Waals surface area contributed by atoms with E-state index in [0.717, 1.165) is 18.0 Å². The third-order valence-electron chi connectivity index (χ3n) is 3.05. The first-order valence-corrected chi connectivity index (χ1v) is 7.32. The van der Waals surface area contributed by atoms with Gasteiger partial charge < -0.3 is 10.2 Å². The Morgan fingerprint density at radius 1 is 1.20 bits per heavy atom. The molecule has 8 nitrogen and oxygen atoms in total. The van der Waals surface area contributed by atoms with E-state index < -0.39 is 0 Å². The van der Waals surface area contributed by atoms with Crippen molar-refractivity contribution in [1.29, 1.82) is 0 Å². The minimum absolute atomic E-state index is 0.369. The first kappa shape index (κ1) is 13.0. The van der Waals surface area contributed by atoms with Crippen molar-refractivity contribution in [3.05, 3.63) is 16.6 Å². The number of nitrogens with zero attached hydrogens (tertiary/aromatic N) is 5. The van der Waals surface area contributed by atoms with Crippen LogP contribution in [0.25, 0.3) is 0 Å². The topological polar surface area (TPSA) is 105 Å². The van der Waals surface area contributed by atoms with Crippen LogP contribution in [-0.2, 0) is 6.54 Å². The number of aromatic nitrogens is 4. The van der Waals surface area contributed by atoms with E-state index in [1.165, 1.54) is 12.8 Å². The van der Waals surface area contributed by atoms with E-state index in [4.69, 9.17) is 5.84 Å². The molecule has 9 heteroatoms. The van der Waals surface area contributed by atoms with Gasteiger partial charge in [-0.3, -0.25) is 10.4 Å². The second-order valence-electron chi connectivity index (χ2n) is 4.44. The second-order valence-corrected chi connectivity index (χ2v) is 5.41. The maximum atomic E-state index is 5.42. The molecule has 2 aromatic heterocycles. The summed E-state index contributed by atoms with van der Waals surface area (Å²) in [6.07, 6.45) is 4.16. The fraction of sp³-hybridized carbons (Fsp3) is 0.455. The molecule has 0 amide bonds. The van der Waals surface area contributed by atoms with Gasteiger partial charge in [0.25, 0.3) is 0 Å². The second kappa shape index (κ2) is 5.97. The van der Waals surface area contributed by atoms with Crippen molar-refractivity contribution in [3.63, 3.8) is 0 Å². The first-order valence-electron chi connectivity index (χ1n) is 6.44. The Morgan fingerprint density at radius 3 is 2.70 bits per heavy atom. The lowest BCUT2D eigenvalue weighted by Crippen LogP contribution is -2.23. The quantitative estimate of drug-likeness (QED) is 0.549. The third kappa shape index (κ3) is 2.94. The zero-order valence-corrected chi connectivity index (χ0v) is 11.7. The van der Waals surface area contributed by atoms with Gasteiger partial charge in [-0.1, -0.05) is 0 Å². The molecule has 106 valence electrons. The number of hydrogen-bond acceptors (Lipinski definition) is 9. The zero-order valence-electron chi connectivity index (χ0n) is 10.9. The lowest BCUT2D eigenvalue weighted by atomic mass is 10.4. The molecule has 1 aliphatic heterocycles. The van der Waals surface area contributed by atoms with Crippen LogP contribution in [0.15, 0.2) is 11.7 Å². The lowest BCUT2D eigenvalue weighted by molar-refractivity contribution is 0.876. The van der Waals surface area contributed by atoms with E-state index in [1.54, 1.807) is 16.8 Å². The maximum absolute atomic E-state index is 5.42. The van der Waals surface area contributed by atoms with Crippen LogP contribution >= 0.6 is 11.3 Å². The molecule has 0 bridgehead atoms. The van der Waals surface area contributed by atoms with Crippen LogP contribution in [0.3, 0.4) is 0 Å². The summed E-state index contributed by atoms with van der Waals surface area (Å²) in [5, 5.41) is 3.17. The molecule has 20 heavy (non-hydrogen) atoms. The van der Waals surface area contributed by atoms with Crippen molar-refractivity contribution in [2.45, 2.75) is 19.4 Å². The average molecular weight is 292 g/mol. The number of thiazole rings is 1. The van der Waals surface area contributed by atoms with E-state index in [0.29, 0.717) is 24.4 Å². The number of hydrogen-bond donors (Lipinski definition) is 3. The van der Waals surface area contributed by atoms with Crippen molar-refractivity contribution in [2.75, 3.05) is 28.7 Å². The van der Waals surface area contributed by atoms with Gasteiger partial charge in [0.1, 0.15) is 0 Å². The molecule has 0 radical (unpaired) electrons. The predicted octanol–water partition coefficient (Wildman–Crippen LogP) is 0.826. The summed E-state index contributed by atoms with van der Waals surface area (Å²) in [4.78, 5) is 20.2. The number of nitrogen functional groups attached to an aromatic ring is 1. The summed E-state index contributed by atoms with van der Waals surface area (Å²) in [7, 11) is 0. The number of nitrogens with one attached hydrogen (secondary N) is 2. The van der Waals surface area contributed by atoms with Gasteiger partial charge in [0, 0.05) is 24.2 Å². The Labute approximate surface area is 120 Å².